The Hall–Kier alpha value is -0.770. The summed E-state index contributed by atoms with van der Waals surface area (Å²) in [5.74, 6) is 0. The fraction of sp³-hybridized carbons (Fsp3) is 0.333. The number of alkyl halides is 1. The van der Waals surface area contributed by atoms with E-state index in [4.69, 9.17) is 0 Å². The second-order valence-electron chi connectivity index (χ2n) is 1.80. The smallest absolute Gasteiger partial charge is 0.162 e. The van der Waals surface area contributed by atoms with E-state index < -0.39 is 6.67 Å². The van der Waals surface area contributed by atoms with E-state index in [1.54, 1.807) is 6.92 Å². The van der Waals surface area contributed by atoms with Gasteiger partial charge in [-0.1, -0.05) is 0 Å². The Balaban J connectivity index is 3.08. The molecule has 2 nitrogen and oxygen atoms in total. The molecule has 1 aromatic heterocycles. The first-order valence-corrected chi connectivity index (χ1v) is 3.57. The number of carbonyl (C=O) groups excluding carboxylic acids is 1. The highest BCUT2D eigenvalue weighted by atomic mass is 32.1. The van der Waals surface area contributed by atoms with Crippen molar-refractivity contribution in [3.05, 3.63) is 15.6 Å². The minimum atomic E-state index is -0.654. The standard InChI is InChI=1S/C6H6FNOS/c1-4-8-5(2-7)6(3-9)10-4/h3H,2H2,1H3. The van der Waals surface area contributed by atoms with Gasteiger partial charge in [0.15, 0.2) is 6.29 Å². The molecular formula is C6H6FNOS. The third kappa shape index (κ3) is 1.21. The van der Waals surface area contributed by atoms with Crippen molar-refractivity contribution in [2.75, 3.05) is 0 Å². The summed E-state index contributed by atoms with van der Waals surface area (Å²) in [5, 5.41) is 0.731. The average Bonchev–Trinajstić information content (AvgIpc) is 2.30. The minimum Gasteiger partial charge on any atom is -0.297 e. The molecule has 0 saturated heterocycles. The number of aldehydes is 1. The minimum absolute atomic E-state index is 0.262. The molecule has 0 atom stereocenters. The number of nitrogens with zero attached hydrogens (tertiary/aromatic N) is 1. The normalized spacial score (nSPS) is 9.80. The van der Waals surface area contributed by atoms with Gasteiger partial charge in [-0.3, -0.25) is 4.79 Å². The van der Waals surface area contributed by atoms with E-state index in [0.29, 0.717) is 11.2 Å². The zero-order valence-electron chi connectivity index (χ0n) is 5.43. The number of aryl methyl sites for hydroxylation is 1. The fourth-order valence-corrected chi connectivity index (χ4v) is 1.41. The SMILES string of the molecule is Cc1nc(CF)c(C=O)s1. The van der Waals surface area contributed by atoms with Gasteiger partial charge in [-0.2, -0.15) is 0 Å². The van der Waals surface area contributed by atoms with Gasteiger partial charge >= 0.3 is 0 Å². The topological polar surface area (TPSA) is 30.0 Å². The molecule has 0 aliphatic heterocycles. The van der Waals surface area contributed by atoms with Crippen molar-refractivity contribution in [2.45, 2.75) is 13.6 Å². The van der Waals surface area contributed by atoms with Crippen LogP contribution >= 0.6 is 11.3 Å². The van der Waals surface area contributed by atoms with Crippen molar-refractivity contribution in [1.29, 1.82) is 0 Å². The second kappa shape index (κ2) is 2.88. The van der Waals surface area contributed by atoms with E-state index in [-0.39, 0.29) is 5.69 Å². The van der Waals surface area contributed by atoms with E-state index in [9.17, 15) is 9.18 Å². The van der Waals surface area contributed by atoms with Gasteiger partial charge in [0.1, 0.15) is 6.67 Å². The van der Waals surface area contributed by atoms with Crippen molar-refractivity contribution in [3.8, 4) is 0 Å². The van der Waals surface area contributed by atoms with Crippen molar-refractivity contribution >= 4 is 17.6 Å². The number of carbonyl (C=O) groups is 1. The molecule has 0 N–H and O–H groups in total. The van der Waals surface area contributed by atoms with Crippen molar-refractivity contribution < 1.29 is 9.18 Å². The van der Waals surface area contributed by atoms with Crippen molar-refractivity contribution in [1.82, 2.24) is 4.98 Å². The number of halogens is 1. The Kier molecular flexibility index (Phi) is 2.11. The maximum atomic E-state index is 12.0. The molecule has 1 aromatic rings. The molecule has 0 aliphatic rings. The lowest BCUT2D eigenvalue weighted by Gasteiger charge is -1.82. The van der Waals surface area contributed by atoms with Gasteiger partial charge in [0.05, 0.1) is 15.6 Å². The molecule has 0 saturated carbocycles. The number of hydrogen-bond donors (Lipinski definition) is 0. The Morgan fingerprint density at radius 1 is 1.80 bits per heavy atom. The third-order valence-electron chi connectivity index (χ3n) is 1.07. The third-order valence-corrected chi connectivity index (χ3v) is 2.01. The molecule has 0 unspecified atom stereocenters. The monoisotopic (exact) mass is 159 g/mol. The van der Waals surface area contributed by atoms with Crippen LogP contribution in [0.25, 0.3) is 0 Å². The van der Waals surface area contributed by atoms with E-state index in [0.717, 1.165) is 5.01 Å². The second-order valence-corrected chi connectivity index (χ2v) is 3.03. The van der Waals surface area contributed by atoms with Gasteiger partial charge in [0, 0.05) is 0 Å². The van der Waals surface area contributed by atoms with Gasteiger partial charge in [0.2, 0.25) is 0 Å². The molecule has 0 fully saturated rings. The van der Waals surface area contributed by atoms with Crippen LogP contribution in [-0.2, 0) is 6.67 Å². The molecule has 4 heteroatoms. The first-order chi connectivity index (χ1) is 4.77. The summed E-state index contributed by atoms with van der Waals surface area (Å²) < 4.78 is 12.0. The molecule has 0 aromatic carbocycles. The van der Waals surface area contributed by atoms with Crippen LogP contribution in [-0.4, -0.2) is 11.3 Å². The lowest BCUT2D eigenvalue weighted by atomic mass is 10.4. The highest BCUT2D eigenvalue weighted by Crippen LogP contribution is 2.15. The summed E-state index contributed by atoms with van der Waals surface area (Å²) in [6.07, 6.45) is 0.638. The predicted molar refractivity (Wildman–Crippen MR) is 37.1 cm³/mol. The maximum absolute atomic E-state index is 12.0. The molecule has 0 radical (unpaired) electrons. The summed E-state index contributed by atoms with van der Waals surface area (Å²) >= 11 is 1.22. The van der Waals surface area contributed by atoms with Crippen LogP contribution in [0, 0.1) is 6.92 Å². The molecule has 10 heavy (non-hydrogen) atoms. The van der Waals surface area contributed by atoms with Crippen LogP contribution in [0.4, 0.5) is 4.39 Å². The van der Waals surface area contributed by atoms with E-state index >= 15 is 0 Å². The average molecular weight is 159 g/mol. The van der Waals surface area contributed by atoms with Crippen LogP contribution in [0.3, 0.4) is 0 Å². The summed E-state index contributed by atoms with van der Waals surface area (Å²) in [7, 11) is 0. The van der Waals surface area contributed by atoms with Crippen LogP contribution in [0.5, 0.6) is 0 Å². The van der Waals surface area contributed by atoms with Crippen LogP contribution in [0.15, 0.2) is 0 Å². The largest absolute Gasteiger partial charge is 0.297 e. The molecule has 54 valence electrons. The molecular weight excluding hydrogens is 153 g/mol. The van der Waals surface area contributed by atoms with E-state index in [2.05, 4.69) is 4.98 Å². The first-order valence-electron chi connectivity index (χ1n) is 2.75. The van der Waals surface area contributed by atoms with Gasteiger partial charge in [-0.25, -0.2) is 9.37 Å². The lowest BCUT2D eigenvalue weighted by Crippen LogP contribution is -1.83. The zero-order valence-corrected chi connectivity index (χ0v) is 6.24. The Morgan fingerprint density at radius 2 is 2.50 bits per heavy atom. The number of hydrogen-bond acceptors (Lipinski definition) is 3. The number of thiazole rings is 1. The molecule has 0 bridgehead atoms. The molecule has 1 rings (SSSR count). The lowest BCUT2D eigenvalue weighted by molar-refractivity contribution is 0.112. The summed E-state index contributed by atoms with van der Waals surface area (Å²) in [5.41, 5.74) is 0.262. The Bertz CT molecular complexity index is 246. The first kappa shape index (κ1) is 7.34. The molecule has 0 amide bonds. The van der Waals surface area contributed by atoms with E-state index in [1.165, 1.54) is 11.3 Å². The number of aromatic nitrogens is 1. The van der Waals surface area contributed by atoms with Gasteiger partial charge < -0.3 is 0 Å². The highest BCUT2D eigenvalue weighted by molar-refractivity contribution is 7.13. The number of rotatable bonds is 2. The quantitative estimate of drug-likeness (QED) is 0.615. The molecule has 0 aliphatic carbocycles. The highest BCUT2D eigenvalue weighted by Gasteiger charge is 2.05. The summed E-state index contributed by atoms with van der Waals surface area (Å²) in [6, 6.07) is 0. The maximum Gasteiger partial charge on any atom is 0.162 e. The van der Waals surface area contributed by atoms with Gasteiger partial charge in [-0.05, 0) is 6.92 Å². The Labute approximate surface area is 61.7 Å². The fourth-order valence-electron chi connectivity index (χ4n) is 0.674. The van der Waals surface area contributed by atoms with Crippen molar-refractivity contribution in [3.63, 3.8) is 0 Å². The summed E-state index contributed by atoms with van der Waals surface area (Å²) in [4.78, 5) is 14.4. The zero-order chi connectivity index (χ0) is 7.56. The molecule has 1 heterocycles. The van der Waals surface area contributed by atoms with Crippen LogP contribution in [0.2, 0.25) is 0 Å². The predicted octanol–water partition coefficient (Wildman–Crippen LogP) is 1.73. The molecule has 0 spiro atoms. The van der Waals surface area contributed by atoms with Gasteiger partial charge in [0.25, 0.3) is 0 Å². The van der Waals surface area contributed by atoms with Crippen LogP contribution < -0.4 is 0 Å². The van der Waals surface area contributed by atoms with E-state index in [1.807, 2.05) is 0 Å². The van der Waals surface area contributed by atoms with Gasteiger partial charge in [-0.15, -0.1) is 11.3 Å². The Morgan fingerprint density at radius 3 is 2.90 bits per heavy atom. The van der Waals surface area contributed by atoms with Crippen LogP contribution in [0.1, 0.15) is 20.4 Å². The van der Waals surface area contributed by atoms with Crippen molar-refractivity contribution in [2.24, 2.45) is 0 Å². The summed E-state index contributed by atoms with van der Waals surface area (Å²) in [6.45, 7) is 1.09.